The lowest BCUT2D eigenvalue weighted by Gasteiger charge is -2.12. The molecule has 1 aromatic heterocycles. The molecule has 0 aliphatic rings. The van der Waals surface area contributed by atoms with Gasteiger partial charge in [-0.25, -0.2) is 8.78 Å². The molecule has 2 aromatic rings. The van der Waals surface area contributed by atoms with Crippen molar-refractivity contribution in [3.63, 3.8) is 0 Å². The first-order valence-electron chi connectivity index (χ1n) is 5.27. The molecule has 1 heterocycles. The average Bonchev–Trinajstić information content (AvgIpc) is 2.38. The molecule has 0 radical (unpaired) electrons. The predicted octanol–water partition coefficient (Wildman–Crippen LogP) is 3.92. The van der Waals surface area contributed by atoms with E-state index >= 15 is 0 Å². The minimum atomic E-state index is -4.74. The Morgan fingerprint density at radius 2 is 1.80 bits per heavy atom. The number of hydrogen-bond acceptors (Lipinski definition) is 2. The number of pyridine rings is 1. The number of alkyl halides is 3. The Balaban J connectivity index is 2.75. The molecule has 0 aliphatic heterocycles. The molecule has 2 rings (SSSR count). The maximum absolute atomic E-state index is 13.9. The van der Waals surface area contributed by atoms with E-state index in [0.29, 0.717) is 0 Å². The monoisotopic (exact) mass is 284 g/mol. The van der Waals surface area contributed by atoms with Crippen molar-refractivity contribution in [2.24, 2.45) is 0 Å². The van der Waals surface area contributed by atoms with Gasteiger partial charge < -0.3 is 0 Å². The van der Waals surface area contributed by atoms with Crippen LogP contribution < -0.4 is 0 Å². The van der Waals surface area contributed by atoms with Crippen LogP contribution in [-0.2, 0) is 6.18 Å². The third-order valence-corrected chi connectivity index (χ3v) is 2.57. The van der Waals surface area contributed by atoms with E-state index in [1.807, 2.05) is 0 Å². The van der Waals surface area contributed by atoms with Gasteiger partial charge >= 0.3 is 6.18 Å². The highest BCUT2D eigenvalue weighted by atomic mass is 19.4. The van der Waals surface area contributed by atoms with Crippen LogP contribution in [0.1, 0.15) is 11.1 Å². The zero-order valence-corrected chi connectivity index (χ0v) is 9.67. The number of halogens is 5. The molecule has 0 fully saturated rings. The highest BCUT2D eigenvalue weighted by Gasteiger charge is 2.35. The second-order valence-corrected chi connectivity index (χ2v) is 3.79. The summed E-state index contributed by atoms with van der Waals surface area (Å²) in [5, 5.41) is 8.63. The predicted molar refractivity (Wildman–Crippen MR) is 59.3 cm³/mol. The molecule has 7 heteroatoms. The quantitative estimate of drug-likeness (QED) is 0.744. The van der Waals surface area contributed by atoms with Crippen molar-refractivity contribution in [2.75, 3.05) is 0 Å². The van der Waals surface area contributed by atoms with Gasteiger partial charge in [0.25, 0.3) is 0 Å². The summed E-state index contributed by atoms with van der Waals surface area (Å²) in [5.41, 5.74) is -3.36. The summed E-state index contributed by atoms with van der Waals surface area (Å²) in [4.78, 5) is 3.49. The second kappa shape index (κ2) is 4.89. The Morgan fingerprint density at radius 1 is 1.10 bits per heavy atom. The van der Waals surface area contributed by atoms with Crippen LogP contribution in [0.25, 0.3) is 11.3 Å². The van der Waals surface area contributed by atoms with Gasteiger partial charge in [0.1, 0.15) is 17.4 Å². The van der Waals surface area contributed by atoms with Gasteiger partial charge in [0, 0.05) is 11.8 Å². The molecule has 0 unspecified atom stereocenters. The molecule has 0 saturated carbocycles. The molecule has 20 heavy (non-hydrogen) atoms. The standard InChI is InChI=1S/C13H5F5N2/c14-10-4-3-7(11(15)8(10)6-19)12-9(13(16,17)18)2-1-5-20-12/h1-5H. The van der Waals surface area contributed by atoms with Crippen LogP contribution in [0.2, 0.25) is 0 Å². The fraction of sp³-hybridized carbons (Fsp3) is 0.0769. The number of rotatable bonds is 1. The van der Waals surface area contributed by atoms with Crippen LogP contribution in [0.4, 0.5) is 22.0 Å². The van der Waals surface area contributed by atoms with Gasteiger partial charge in [0.2, 0.25) is 0 Å². The second-order valence-electron chi connectivity index (χ2n) is 3.79. The number of benzene rings is 1. The summed E-state index contributed by atoms with van der Waals surface area (Å²) >= 11 is 0. The first-order chi connectivity index (χ1) is 9.36. The number of aromatic nitrogens is 1. The van der Waals surface area contributed by atoms with Crippen molar-refractivity contribution < 1.29 is 22.0 Å². The molecule has 0 N–H and O–H groups in total. The van der Waals surface area contributed by atoms with Gasteiger partial charge in [-0.05, 0) is 24.3 Å². The highest BCUT2D eigenvalue weighted by molar-refractivity contribution is 5.66. The van der Waals surface area contributed by atoms with Crippen molar-refractivity contribution in [2.45, 2.75) is 6.18 Å². The summed E-state index contributed by atoms with van der Waals surface area (Å²) in [7, 11) is 0. The number of nitrogens with zero attached hydrogens (tertiary/aromatic N) is 2. The Morgan fingerprint density at radius 3 is 2.40 bits per heavy atom. The van der Waals surface area contributed by atoms with Crippen LogP contribution in [0, 0.1) is 23.0 Å². The van der Waals surface area contributed by atoms with E-state index in [-0.39, 0.29) is 0 Å². The molecule has 0 bridgehead atoms. The topological polar surface area (TPSA) is 36.7 Å². The maximum atomic E-state index is 13.9. The lowest BCUT2D eigenvalue weighted by atomic mass is 10.0. The van der Waals surface area contributed by atoms with Crippen molar-refractivity contribution in [1.82, 2.24) is 4.98 Å². The van der Waals surface area contributed by atoms with Crippen molar-refractivity contribution in [1.29, 1.82) is 5.26 Å². The molecule has 0 atom stereocenters. The van der Waals surface area contributed by atoms with Crippen molar-refractivity contribution in [3.8, 4) is 17.3 Å². The zero-order valence-electron chi connectivity index (χ0n) is 9.67. The molecule has 0 aliphatic carbocycles. The van der Waals surface area contributed by atoms with E-state index in [9.17, 15) is 22.0 Å². The summed E-state index contributed by atoms with van der Waals surface area (Å²) in [5.74, 6) is -2.50. The molecule has 102 valence electrons. The van der Waals surface area contributed by atoms with Crippen LogP contribution in [0.15, 0.2) is 30.5 Å². The molecule has 0 spiro atoms. The Hall–Kier alpha value is -2.49. The minimum absolute atomic E-state index is 0.573. The van der Waals surface area contributed by atoms with Gasteiger partial charge in [-0.1, -0.05) is 0 Å². The van der Waals surface area contributed by atoms with Crippen LogP contribution in [0.3, 0.4) is 0 Å². The SMILES string of the molecule is N#Cc1c(F)ccc(-c2ncccc2C(F)(F)F)c1F. The zero-order chi connectivity index (χ0) is 14.9. The van der Waals surface area contributed by atoms with E-state index in [1.165, 1.54) is 6.07 Å². The van der Waals surface area contributed by atoms with Crippen LogP contribution >= 0.6 is 0 Å². The van der Waals surface area contributed by atoms with Crippen LogP contribution in [0.5, 0.6) is 0 Å². The van der Waals surface area contributed by atoms with E-state index in [2.05, 4.69) is 4.98 Å². The number of hydrogen-bond donors (Lipinski definition) is 0. The third-order valence-electron chi connectivity index (χ3n) is 2.57. The first kappa shape index (κ1) is 13.9. The average molecular weight is 284 g/mol. The Kier molecular flexibility index (Phi) is 3.40. The van der Waals surface area contributed by atoms with Crippen molar-refractivity contribution >= 4 is 0 Å². The van der Waals surface area contributed by atoms with E-state index in [4.69, 9.17) is 5.26 Å². The summed E-state index contributed by atoms with van der Waals surface area (Å²) in [6, 6.07) is 4.61. The van der Waals surface area contributed by atoms with E-state index < -0.39 is 40.2 Å². The molecule has 0 saturated heterocycles. The minimum Gasteiger partial charge on any atom is -0.256 e. The Labute approximate surface area is 110 Å². The van der Waals surface area contributed by atoms with Crippen molar-refractivity contribution in [3.05, 3.63) is 53.2 Å². The lowest BCUT2D eigenvalue weighted by Crippen LogP contribution is -2.09. The lowest BCUT2D eigenvalue weighted by molar-refractivity contribution is -0.137. The third kappa shape index (κ3) is 2.32. The van der Waals surface area contributed by atoms with E-state index in [1.54, 1.807) is 0 Å². The van der Waals surface area contributed by atoms with E-state index in [0.717, 1.165) is 30.5 Å². The molecular weight excluding hydrogens is 279 g/mol. The smallest absolute Gasteiger partial charge is 0.256 e. The molecular formula is C13H5F5N2. The fourth-order valence-corrected chi connectivity index (χ4v) is 1.69. The Bertz CT molecular complexity index is 701. The number of nitriles is 1. The molecule has 1 aromatic carbocycles. The maximum Gasteiger partial charge on any atom is 0.418 e. The van der Waals surface area contributed by atoms with Gasteiger partial charge in [-0.15, -0.1) is 0 Å². The van der Waals surface area contributed by atoms with Gasteiger partial charge in [-0.3, -0.25) is 4.98 Å². The summed E-state index contributed by atoms with van der Waals surface area (Å²) in [6.07, 6.45) is -3.68. The normalized spacial score (nSPS) is 11.2. The summed E-state index contributed by atoms with van der Waals surface area (Å²) < 4.78 is 65.6. The highest BCUT2D eigenvalue weighted by Crippen LogP contribution is 2.37. The van der Waals surface area contributed by atoms with Gasteiger partial charge in [-0.2, -0.15) is 18.4 Å². The first-order valence-corrected chi connectivity index (χ1v) is 5.27. The van der Waals surface area contributed by atoms with Gasteiger partial charge in [0.15, 0.2) is 5.82 Å². The summed E-state index contributed by atoms with van der Waals surface area (Å²) in [6.45, 7) is 0. The van der Waals surface area contributed by atoms with Crippen LogP contribution in [-0.4, -0.2) is 4.98 Å². The fourth-order valence-electron chi connectivity index (χ4n) is 1.69. The molecule has 0 amide bonds. The molecule has 2 nitrogen and oxygen atoms in total. The largest absolute Gasteiger partial charge is 0.418 e. The van der Waals surface area contributed by atoms with Gasteiger partial charge in [0.05, 0.1) is 11.3 Å².